The molecule has 0 saturated carbocycles. The molecule has 0 bridgehead atoms. The van der Waals surface area contributed by atoms with Crippen molar-refractivity contribution in [3.05, 3.63) is 119 Å². The Morgan fingerprint density at radius 2 is 1.79 bits per heavy atom. The molecule has 42 heavy (non-hydrogen) atoms. The fraction of sp³-hybridized carbons (Fsp3) is 0.118. The second-order valence-corrected chi connectivity index (χ2v) is 10.6. The van der Waals surface area contributed by atoms with Crippen LogP contribution < -0.4 is 0 Å². The Kier molecular flexibility index (Phi) is 5.97. The fourth-order valence-corrected chi connectivity index (χ4v) is 5.57. The van der Waals surface area contributed by atoms with Crippen LogP contribution >= 0.6 is 0 Å². The molecule has 0 fully saturated rings. The molecule has 4 heterocycles. The zero-order valence-electron chi connectivity index (χ0n) is 23.4. The Balaban J connectivity index is 1.32. The molecular formula is C34H27N5O3. The molecule has 8 nitrogen and oxygen atoms in total. The molecule has 1 amide bonds. The summed E-state index contributed by atoms with van der Waals surface area (Å²) in [5.74, 6) is 1.00. The van der Waals surface area contributed by atoms with Crippen molar-refractivity contribution in [1.82, 2.24) is 24.4 Å². The zero-order chi connectivity index (χ0) is 29.0. The number of H-pyrrole nitrogens is 1. The Hall–Kier alpha value is -5.50. The van der Waals surface area contributed by atoms with Crippen molar-refractivity contribution in [1.29, 1.82) is 0 Å². The number of rotatable bonds is 6. The highest BCUT2D eigenvalue weighted by Gasteiger charge is 2.28. The van der Waals surface area contributed by atoms with Gasteiger partial charge in [-0.2, -0.15) is 0 Å². The van der Waals surface area contributed by atoms with Gasteiger partial charge in [-0.1, -0.05) is 54.6 Å². The lowest BCUT2D eigenvalue weighted by Crippen LogP contribution is -2.24. The highest BCUT2D eigenvalue weighted by molar-refractivity contribution is 6.24. The Morgan fingerprint density at radius 1 is 0.976 bits per heavy atom. The lowest BCUT2D eigenvalue weighted by Gasteiger charge is -2.12. The fourth-order valence-electron chi connectivity index (χ4n) is 5.57. The highest BCUT2D eigenvalue weighted by Crippen LogP contribution is 2.37. The molecule has 4 aromatic heterocycles. The number of pyridine rings is 1. The first kappa shape index (κ1) is 25.5. The number of hydrogen-bond acceptors (Lipinski definition) is 5. The van der Waals surface area contributed by atoms with E-state index < -0.39 is 0 Å². The molecular weight excluding hydrogens is 526 g/mol. The van der Waals surface area contributed by atoms with Gasteiger partial charge in [0.05, 0.1) is 17.3 Å². The van der Waals surface area contributed by atoms with Crippen LogP contribution in [0.25, 0.3) is 44.2 Å². The number of aryl methyl sites for hydroxylation is 1. The molecule has 8 heteroatoms. The number of furan rings is 1. The molecule has 0 atom stereocenters. The van der Waals surface area contributed by atoms with E-state index in [0.29, 0.717) is 34.3 Å². The number of para-hydroxylation sites is 1. The van der Waals surface area contributed by atoms with Gasteiger partial charge in [0.1, 0.15) is 28.4 Å². The van der Waals surface area contributed by atoms with E-state index in [4.69, 9.17) is 4.42 Å². The number of hydrogen-bond donors (Lipinski definition) is 1. The number of carbonyl (C=O) groups is 2. The van der Waals surface area contributed by atoms with Gasteiger partial charge in [0.25, 0.3) is 5.91 Å². The Bertz CT molecular complexity index is 2110. The minimum absolute atomic E-state index is 0.239. The topological polar surface area (TPSA) is 97.0 Å². The molecule has 0 aliphatic rings. The summed E-state index contributed by atoms with van der Waals surface area (Å²) in [5.41, 5.74) is 6.14. The summed E-state index contributed by atoms with van der Waals surface area (Å²) in [4.78, 5) is 41.1. The van der Waals surface area contributed by atoms with Gasteiger partial charge in [-0.3, -0.25) is 14.6 Å². The number of benzene rings is 3. The molecule has 0 spiro atoms. The van der Waals surface area contributed by atoms with Gasteiger partial charge < -0.3 is 18.9 Å². The summed E-state index contributed by atoms with van der Waals surface area (Å²) >= 11 is 0. The van der Waals surface area contributed by atoms with Crippen LogP contribution in [0.15, 0.2) is 95.7 Å². The van der Waals surface area contributed by atoms with Crippen LogP contribution in [0.3, 0.4) is 0 Å². The second kappa shape index (κ2) is 9.85. The van der Waals surface area contributed by atoms with Crippen molar-refractivity contribution in [2.45, 2.75) is 13.5 Å². The number of aromatic nitrogens is 4. The maximum Gasteiger partial charge on any atom is 0.270 e. The van der Waals surface area contributed by atoms with Crippen molar-refractivity contribution < 1.29 is 14.0 Å². The van der Waals surface area contributed by atoms with Gasteiger partial charge in [0.2, 0.25) is 0 Å². The maximum absolute atomic E-state index is 14.2. The van der Waals surface area contributed by atoms with Gasteiger partial charge >= 0.3 is 0 Å². The van der Waals surface area contributed by atoms with Gasteiger partial charge in [-0.25, -0.2) is 4.98 Å². The maximum atomic E-state index is 14.2. The van der Waals surface area contributed by atoms with E-state index in [1.54, 1.807) is 26.5 Å². The monoisotopic (exact) mass is 553 g/mol. The molecule has 0 unspecified atom stereocenters. The van der Waals surface area contributed by atoms with Gasteiger partial charge in [0, 0.05) is 54.3 Å². The molecule has 206 valence electrons. The number of fused-ring (bicyclic) bond motifs is 3. The smallest absolute Gasteiger partial charge is 0.270 e. The van der Waals surface area contributed by atoms with E-state index in [0.717, 1.165) is 39.0 Å². The Morgan fingerprint density at radius 3 is 2.57 bits per heavy atom. The van der Waals surface area contributed by atoms with Crippen LogP contribution in [0, 0.1) is 6.92 Å². The van der Waals surface area contributed by atoms with Crippen molar-refractivity contribution in [3.63, 3.8) is 0 Å². The lowest BCUT2D eigenvalue weighted by atomic mass is 9.95. The van der Waals surface area contributed by atoms with Crippen LogP contribution in [0.5, 0.6) is 0 Å². The summed E-state index contributed by atoms with van der Waals surface area (Å²) in [6, 6.07) is 24.9. The number of carbonyl (C=O) groups excluding carboxylic acids is 2. The minimum atomic E-state index is -0.279. The summed E-state index contributed by atoms with van der Waals surface area (Å²) in [6.45, 7) is 2.58. The van der Waals surface area contributed by atoms with Crippen LogP contribution in [0.4, 0.5) is 0 Å². The largest absolute Gasteiger partial charge is 0.456 e. The third-order valence-corrected chi connectivity index (χ3v) is 7.66. The van der Waals surface area contributed by atoms with Gasteiger partial charge in [-0.15, -0.1) is 0 Å². The second-order valence-electron chi connectivity index (χ2n) is 10.6. The van der Waals surface area contributed by atoms with Crippen LogP contribution in [0.2, 0.25) is 0 Å². The molecule has 0 aliphatic heterocycles. The van der Waals surface area contributed by atoms with Crippen molar-refractivity contribution in [2.24, 2.45) is 0 Å². The first-order valence-electron chi connectivity index (χ1n) is 13.6. The minimum Gasteiger partial charge on any atom is -0.456 e. The van der Waals surface area contributed by atoms with Crippen molar-refractivity contribution in [2.75, 3.05) is 14.1 Å². The number of ketones is 1. The first-order chi connectivity index (χ1) is 20.4. The Labute approximate surface area is 241 Å². The number of amides is 1. The average molecular weight is 554 g/mol. The zero-order valence-corrected chi connectivity index (χ0v) is 23.4. The summed E-state index contributed by atoms with van der Waals surface area (Å²) < 4.78 is 8.32. The predicted octanol–water partition coefficient (Wildman–Crippen LogP) is 6.62. The molecule has 0 aliphatic carbocycles. The molecule has 0 radical (unpaired) electrons. The molecule has 7 aromatic rings. The number of nitrogens with one attached hydrogen (secondary N) is 1. The molecule has 3 aromatic carbocycles. The predicted molar refractivity (Wildman–Crippen MR) is 163 cm³/mol. The van der Waals surface area contributed by atoms with Gasteiger partial charge in [-0.05, 0) is 36.8 Å². The number of nitrogens with zero attached hydrogens (tertiary/aromatic N) is 4. The SMILES string of the molecule is Cc1nc2cnccc2n1Cc1ccc(C(=O)c2c(C(=O)N(C)C)[nH]c3cccc(-c4cc5ccccc5o4)c23)cc1. The summed E-state index contributed by atoms with van der Waals surface area (Å²) in [6.07, 6.45) is 3.52. The van der Waals surface area contributed by atoms with E-state index in [-0.39, 0.29) is 17.4 Å². The van der Waals surface area contributed by atoms with E-state index in [2.05, 4.69) is 19.5 Å². The lowest BCUT2D eigenvalue weighted by molar-refractivity contribution is 0.0817. The standard InChI is InChI=1S/C34H27N5O3/c1-20-36-26-18-35-16-15-27(26)39(20)19-21-11-13-22(14-12-21)33(40)31-30-24(29-17-23-7-4-5-10-28(23)42-29)8-6-9-25(30)37-32(31)34(41)38(2)3/h4-18,37H,19H2,1-3H3. The van der Waals surface area contributed by atoms with E-state index in [1.807, 2.05) is 85.8 Å². The van der Waals surface area contributed by atoms with Crippen LogP contribution in [0.1, 0.15) is 37.8 Å². The highest BCUT2D eigenvalue weighted by atomic mass is 16.3. The molecule has 7 rings (SSSR count). The van der Waals surface area contributed by atoms with Gasteiger partial charge in [0.15, 0.2) is 5.78 Å². The third kappa shape index (κ3) is 4.16. The third-order valence-electron chi connectivity index (χ3n) is 7.66. The number of imidazole rings is 1. The number of aromatic amines is 1. The average Bonchev–Trinajstić information content (AvgIpc) is 3.70. The molecule has 1 N–H and O–H groups in total. The normalized spacial score (nSPS) is 11.5. The quantitative estimate of drug-likeness (QED) is 0.234. The van der Waals surface area contributed by atoms with E-state index >= 15 is 0 Å². The van der Waals surface area contributed by atoms with Crippen LogP contribution in [-0.4, -0.2) is 50.2 Å². The van der Waals surface area contributed by atoms with E-state index in [9.17, 15) is 9.59 Å². The summed E-state index contributed by atoms with van der Waals surface area (Å²) in [7, 11) is 3.35. The molecule has 0 saturated heterocycles. The van der Waals surface area contributed by atoms with Crippen molar-refractivity contribution >= 4 is 44.6 Å². The summed E-state index contributed by atoms with van der Waals surface area (Å²) in [5, 5.41) is 1.62. The van der Waals surface area contributed by atoms with Crippen molar-refractivity contribution in [3.8, 4) is 11.3 Å². The van der Waals surface area contributed by atoms with E-state index in [1.165, 1.54) is 4.90 Å². The van der Waals surface area contributed by atoms with Crippen LogP contribution in [-0.2, 0) is 6.54 Å². The first-order valence-corrected chi connectivity index (χ1v) is 13.6.